The number of Topliss-reactive ketones (excluding diaryl/α,β-unsaturated/α-hetero) is 2. The summed E-state index contributed by atoms with van der Waals surface area (Å²) < 4.78 is 22.1. The molecule has 0 aliphatic carbocycles. The second-order valence-corrected chi connectivity index (χ2v) is 9.16. The number of hydrogen-bond donors (Lipinski definition) is 3. The highest BCUT2D eigenvalue weighted by Crippen LogP contribution is 2.55. The van der Waals surface area contributed by atoms with E-state index >= 15 is 4.39 Å². The first kappa shape index (κ1) is 27.2. The fourth-order valence-electron chi connectivity index (χ4n) is 4.16. The first-order valence-corrected chi connectivity index (χ1v) is 11.4. The lowest BCUT2D eigenvalue weighted by Crippen LogP contribution is -2.66. The van der Waals surface area contributed by atoms with Gasteiger partial charge < -0.3 is 14.9 Å². The number of carbonyl (C=O) groups excluding carboxylic acids is 2. The summed E-state index contributed by atoms with van der Waals surface area (Å²) >= 11 is 12.3. The predicted octanol–water partition coefficient (Wildman–Crippen LogP) is 2.27. The number of aliphatic hydroxyl groups is 2. The Labute approximate surface area is 221 Å². The second-order valence-electron chi connectivity index (χ2n) is 8.18. The third kappa shape index (κ3) is 4.02. The summed E-state index contributed by atoms with van der Waals surface area (Å²) in [4.78, 5) is 55.3. The first-order chi connectivity index (χ1) is 17.9. The van der Waals surface area contributed by atoms with Gasteiger partial charge in [-0.05, 0) is 17.7 Å². The zero-order chi connectivity index (χ0) is 27.9. The summed E-state index contributed by atoms with van der Waals surface area (Å²) in [5.74, 6) is -2.81. The van der Waals surface area contributed by atoms with Gasteiger partial charge in [-0.2, -0.15) is 0 Å². The van der Waals surface area contributed by atoms with Crippen LogP contribution in [-0.2, 0) is 9.92 Å². The number of ketones is 2. The van der Waals surface area contributed by atoms with Gasteiger partial charge in [0, 0.05) is 33.3 Å². The monoisotopic (exact) mass is 563 g/mol. The van der Waals surface area contributed by atoms with Gasteiger partial charge in [0.05, 0.1) is 0 Å². The largest absolute Gasteiger partial charge is 0.382 e. The molecule has 1 saturated heterocycles. The van der Waals surface area contributed by atoms with E-state index in [-0.39, 0.29) is 20.7 Å². The van der Waals surface area contributed by atoms with Crippen LogP contribution >= 0.6 is 23.2 Å². The van der Waals surface area contributed by atoms with Gasteiger partial charge in [-0.1, -0.05) is 70.8 Å². The van der Waals surface area contributed by atoms with E-state index in [4.69, 9.17) is 27.9 Å². The second kappa shape index (κ2) is 9.80. The number of nitrogens with zero attached hydrogens (tertiary/aromatic N) is 4. The number of azide groups is 1. The average molecular weight is 564 g/mol. The van der Waals surface area contributed by atoms with Crippen LogP contribution in [0, 0.1) is 0 Å². The van der Waals surface area contributed by atoms with Crippen molar-refractivity contribution < 1.29 is 28.9 Å². The number of aromatic amines is 1. The minimum absolute atomic E-state index is 0.0544. The van der Waals surface area contributed by atoms with Gasteiger partial charge in [0.15, 0.2) is 11.9 Å². The number of H-pyrrole nitrogens is 1. The maximum Gasteiger partial charge on any atom is 0.331 e. The number of rotatable bonds is 7. The van der Waals surface area contributed by atoms with Crippen molar-refractivity contribution in [3.8, 4) is 0 Å². The maximum atomic E-state index is 16.4. The van der Waals surface area contributed by atoms with E-state index in [2.05, 4.69) is 10.0 Å². The highest BCUT2D eigenvalue weighted by Gasteiger charge is 2.79. The van der Waals surface area contributed by atoms with Crippen molar-refractivity contribution in [1.82, 2.24) is 9.55 Å². The Morgan fingerprint density at radius 2 is 1.82 bits per heavy atom. The number of hydrogen-bond acceptors (Lipinski definition) is 8. The standard InChI is InChI=1S/C23H16Cl2FN5O7/c24-14-8-4-7-13(11-14)16(33)18(35)22(29-30-27)21(37,17(34)12-5-2-1-3-6-12)19(26)23(25,38-22)31-10-9-15(32)28-20(31)36/h1-11,18-19,35,37H,(H,28,32,36)/t18?,19-,21+,22-,23+/m1/s1. The molecule has 3 N–H and O–H groups in total. The van der Waals surface area contributed by atoms with E-state index in [1.54, 1.807) is 4.98 Å². The normalized spacial score (nSPS) is 27.3. The fraction of sp³-hybridized carbons (Fsp3) is 0.217. The van der Waals surface area contributed by atoms with E-state index in [0.29, 0.717) is 6.20 Å². The lowest BCUT2D eigenvalue weighted by atomic mass is 9.76. The summed E-state index contributed by atoms with van der Waals surface area (Å²) in [6.07, 6.45) is -5.27. The summed E-state index contributed by atoms with van der Waals surface area (Å²) in [6, 6.07) is 12.4. The third-order valence-electron chi connectivity index (χ3n) is 5.98. The van der Waals surface area contributed by atoms with Gasteiger partial charge in [-0.3, -0.25) is 23.9 Å². The molecule has 0 spiro atoms. The van der Waals surface area contributed by atoms with E-state index in [9.17, 15) is 34.9 Å². The van der Waals surface area contributed by atoms with Crippen molar-refractivity contribution in [3.63, 3.8) is 0 Å². The van der Waals surface area contributed by atoms with Crippen molar-refractivity contribution in [2.45, 2.75) is 28.8 Å². The number of carbonyl (C=O) groups is 2. The summed E-state index contributed by atoms with van der Waals surface area (Å²) in [6.45, 7) is 0. The molecule has 2 heterocycles. The van der Waals surface area contributed by atoms with Crippen LogP contribution in [0.2, 0.25) is 5.02 Å². The minimum atomic E-state index is -3.70. The molecule has 15 heteroatoms. The molecular formula is C23H16Cl2FN5O7. The zero-order valence-electron chi connectivity index (χ0n) is 18.9. The average Bonchev–Trinajstić information content (AvgIpc) is 3.07. The third-order valence-corrected chi connectivity index (χ3v) is 6.67. The Hall–Kier alpha value is -3.84. The lowest BCUT2D eigenvalue weighted by Gasteiger charge is -2.38. The van der Waals surface area contributed by atoms with Crippen LogP contribution in [0.5, 0.6) is 0 Å². The Bertz CT molecular complexity index is 1590. The maximum absolute atomic E-state index is 16.4. The topological polar surface area (TPSA) is 187 Å². The molecule has 5 atom stereocenters. The molecule has 38 heavy (non-hydrogen) atoms. The molecule has 12 nitrogen and oxygen atoms in total. The van der Waals surface area contributed by atoms with E-state index in [1.165, 1.54) is 48.5 Å². The molecule has 0 amide bonds. The first-order valence-electron chi connectivity index (χ1n) is 10.6. The van der Waals surface area contributed by atoms with Gasteiger partial charge in [0.1, 0.15) is 0 Å². The SMILES string of the molecule is [N-]=[N+]=N[C@]1(C(O)C(=O)c2cccc(Cl)c2)O[C@@](Cl)(n2ccc(=O)[nH]c2=O)[C@H](F)[C@@]1(O)C(=O)c1ccccc1. The number of aliphatic hydroxyl groups excluding tert-OH is 1. The van der Waals surface area contributed by atoms with Gasteiger partial charge in [-0.25, -0.2) is 9.18 Å². The van der Waals surface area contributed by atoms with Crippen LogP contribution in [0.1, 0.15) is 20.7 Å². The Morgan fingerprint density at radius 3 is 2.42 bits per heavy atom. The van der Waals surface area contributed by atoms with Crippen LogP contribution < -0.4 is 11.2 Å². The van der Waals surface area contributed by atoms with Gasteiger partial charge >= 0.3 is 5.69 Å². The molecule has 0 bridgehead atoms. The van der Waals surface area contributed by atoms with E-state index in [0.717, 1.165) is 12.1 Å². The Morgan fingerprint density at radius 1 is 1.16 bits per heavy atom. The highest BCUT2D eigenvalue weighted by atomic mass is 35.5. The van der Waals surface area contributed by atoms with Crippen molar-refractivity contribution in [2.75, 3.05) is 0 Å². The van der Waals surface area contributed by atoms with Crippen molar-refractivity contribution in [2.24, 2.45) is 5.11 Å². The van der Waals surface area contributed by atoms with Crippen LogP contribution in [-0.4, -0.2) is 54.9 Å². The van der Waals surface area contributed by atoms with Gasteiger partial charge in [0.25, 0.3) is 10.7 Å². The highest BCUT2D eigenvalue weighted by molar-refractivity contribution is 6.31. The van der Waals surface area contributed by atoms with Crippen LogP contribution in [0.25, 0.3) is 10.4 Å². The number of aromatic nitrogens is 2. The molecule has 2 aromatic carbocycles. The molecule has 1 aliphatic rings. The molecule has 1 aliphatic heterocycles. The molecule has 1 unspecified atom stereocenters. The molecule has 0 radical (unpaired) electrons. The van der Waals surface area contributed by atoms with Gasteiger partial charge in [0.2, 0.25) is 23.3 Å². The van der Waals surface area contributed by atoms with Crippen molar-refractivity contribution in [1.29, 1.82) is 0 Å². The molecule has 0 saturated carbocycles. The number of nitrogens with one attached hydrogen (secondary N) is 1. The molecule has 196 valence electrons. The molecule has 1 fully saturated rings. The molecular weight excluding hydrogens is 548 g/mol. The van der Waals surface area contributed by atoms with E-state index in [1.807, 2.05) is 0 Å². The number of benzene rings is 2. The Balaban J connectivity index is 2.02. The minimum Gasteiger partial charge on any atom is -0.382 e. The smallest absolute Gasteiger partial charge is 0.331 e. The summed E-state index contributed by atoms with van der Waals surface area (Å²) in [5.41, 5.74) is -0.716. The van der Waals surface area contributed by atoms with Crippen molar-refractivity contribution in [3.05, 3.63) is 114 Å². The number of halogens is 3. The van der Waals surface area contributed by atoms with Crippen LogP contribution in [0.3, 0.4) is 0 Å². The molecule has 3 aromatic rings. The van der Waals surface area contributed by atoms with Gasteiger partial charge in [-0.15, -0.1) is 0 Å². The fourth-order valence-corrected chi connectivity index (χ4v) is 4.76. The summed E-state index contributed by atoms with van der Waals surface area (Å²) in [5, 5.41) is 23.0. The van der Waals surface area contributed by atoms with Crippen LogP contribution in [0.15, 0.2) is 81.6 Å². The summed E-state index contributed by atoms with van der Waals surface area (Å²) in [7, 11) is 0. The van der Waals surface area contributed by atoms with Crippen LogP contribution in [0.4, 0.5) is 4.39 Å². The quantitative estimate of drug-likeness (QED) is 0.129. The zero-order valence-corrected chi connectivity index (χ0v) is 20.4. The molecule has 1 aromatic heterocycles. The number of alkyl halides is 2. The lowest BCUT2D eigenvalue weighted by molar-refractivity contribution is -0.177. The number of ether oxygens (including phenoxy) is 1. The van der Waals surface area contributed by atoms with E-state index < -0.39 is 51.6 Å². The molecule has 4 rings (SSSR count). The Kier molecular flexibility index (Phi) is 7.01. The predicted molar refractivity (Wildman–Crippen MR) is 131 cm³/mol. The van der Waals surface area contributed by atoms with Crippen molar-refractivity contribution >= 4 is 34.8 Å².